The standard InChI is InChI=1S/C18H15F4N5O2/c1-10-6-14(27-17(25-10)23-9-24-27)15-8-26(4-5-29-15)16(28)11-2-3-13(19)12(7-11)18(20,21)22/h2-3,6-7,9,15H,4-5,8H2,1H3. The summed E-state index contributed by atoms with van der Waals surface area (Å²) in [6.45, 7) is 2.25. The lowest BCUT2D eigenvalue weighted by Gasteiger charge is -2.33. The topological polar surface area (TPSA) is 72.6 Å². The van der Waals surface area contributed by atoms with Crippen LogP contribution in [0.2, 0.25) is 0 Å². The number of amides is 1. The zero-order valence-corrected chi connectivity index (χ0v) is 15.1. The van der Waals surface area contributed by atoms with Crippen molar-refractivity contribution in [2.45, 2.75) is 19.2 Å². The summed E-state index contributed by atoms with van der Waals surface area (Å²) < 4.78 is 59.7. The van der Waals surface area contributed by atoms with Gasteiger partial charge in [0.05, 0.1) is 24.4 Å². The summed E-state index contributed by atoms with van der Waals surface area (Å²) in [6, 6.07) is 3.98. The minimum atomic E-state index is -4.89. The quantitative estimate of drug-likeness (QED) is 0.609. The van der Waals surface area contributed by atoms with Crippen molar-refractivity contribution < 1.29 is 27.1 Å². The van der Waals surface area contributed by atoms with E-state index in [4.69, 9.17) is 4.74 Å². The summed E-state index contributed by atoms with van der Waals surface area (Å²) in [5.74, 6) is -1.68. The summed E-state index contributed by atoms with van der Waals surface area (Å²) in [6.07, 6.45) is -4.11. The summed E-state index contributed by atoms with van der Waals surface area (Å²) in [4.78, 5) is 22.4. The fourth-order valence-electron chi connectivity index (χ4n) is 3.26. The van der Waals surface area contributed by atoms with E-state index in [-0.39, 0.29) is 25.3 Å². The van der Waals surface area contributed by atoms with Crippen LogP contribution in [-0.2, 0) is 10.9 Å². The maximum atomic E-state index is 13.5. The maximum Gasteiger partial charge on any atom is 0.419 e. The summed E-state index contributed by atoms with van der Waals surface area (Å²) in [5.41, 5.74) is -0.406. The first-order chi connectivity index (χ1) is 13.7. The highest BCUT2D eigenvalue weighted by atomic mass is 19.4. The zero-order valence-electron chi connectivity index (χ0n) is 15.1. The summed E-state index contributed by atoms with van der Waals surface area (Å²) in [7, 11) is 0. The van der Waals surface area contributed by atoms with Gasteiger partial charge in [-0.15, -0.1) is 0 Å². The number of aryl methyl sites for hydroxylation is 1. The molecule has 3 aromatic rings. The van der Waals surface area contributed by atoms with Gasteiger partial charge in [-0.2, -0.15) is 27.8 Å². The number of fused-ring (bicyclic) bond motifs is 1. The van der Waals surface area contributed by atoms with Gasteiger partial charge in [0, 0.05) is 17.8 Å². The average Bonchev–Trinajstić information content (AvgIpc) is 3.14. The number of alkyl halides is 3. The van der Waals surface area contributed by atoms with E-state index in [1.165, 1.54) is 15.7 Å². The molecule has 1 aromatic carbocycles. The molecule has 2 aromatic heterocycles. The lowest BCUT2D eigenvalue weighted by atomic mass is 10.1. The molecule has 0 N–H and O–H groups in total. The minimum Gasteiger partial charge on any atom is -0.368 e. The molecule has 4 rings (SSSR count). The maximum absolute atomic E-state index is 13.5. The second-order valence-corrected chi connectivity index (χ2v) is 6.60. The van der Waals surface area contributed by atoms with E-state index in [1.54, 1.807) is 13.0 Å². The number of rotatable bonds is 2. The zero-order chi connectivity index (χ0) is 20.8. The number of hydrogen-bond donors (Lipinski definition) is 0. The van der Waals surface area contributed by atoms with E-state index >= 15 is 0 Å². The Bertz CT molecular complexity index is 1080. The lowest BCUT2D eigenvalue weighted by molar-refractivity contribution is -0.140. The van der Waals surface area contributed by atoms with Gasteiger partial charge < -0.3 is 9.64 Å². The highest BCUT2D eigenvalue weighted by Gasteiger charge is 2.35. The van der Waals surface area contributed by atoms with Crippen LogP contribution in [0.1, 0.15) is 33.4 Å². The average molecular weight is 409 g/mol. The van der Waals surface area contributed by atoms with Crippen LogP contribution in [0.15, 0.2) is 30.6 Å². The van der Waals surface area contributed by atoms with Crippen molar-refractivity contribution in [3.63, 3.8) is 0 Å². The SMILES string of the molecule is Cc1cc(C2CN(C(=O)c3ccc(F)c(C(F)(F)F)c3)CCO2)n2ncnc2n1. The van der Waals surface area contributed by atoms with Gasteiger partial charge in [-0.05, 0) is 31.2 Å². The van der Waals surface area contributed by atoms with Crippen LogP contribution in [0, 0.1) is 12.7 Å². The molecule has 0 radical (unpaired) electrons. The van der Waals surface area contributed by atoms with Gasteiger partial charge in [0.2, 0.25) is 0 Å². The highest BCUT2D eigenvalue weighted by molar-refractivity contribution is 5.94. The molecule has 0 spiro atoms. The molecule has 1 aliphatic heterocycles. The molecule has 3 heterocycles. The molecule has 0 aliphatic carbocycles. The largest absolute Gasteiger partial charge is 0.419 e. The fraction of sp³-hybridized carbons (Fsp3) is 0.333. The van der Waals surface area contributed by atoms with Gasteiger partial charge in [-0.25, -0.2) is 9.37 Å². The Morgan fingerprint density at radius 2 is 2.07 bits per heavy atom. The number of morpholine rings is 1. The Morgan fingerprint density at radius 3 is 2.83 bits per heavy atom. The summed E-state index contributed by atoms with van der Waals surface area (Å²) in [5, 5.41) is 4.10. The molecule has 1 aliphatic rings. The third-order valence-corrected chi connectivity index (χ3v) is 4.61. The fourth-order valence-corrected chi connectivity index (χ4v) is 3.26. The molecular formula is C18H15F4N5O2. The Kier molecular flexibility index (Phi) is 4.69. The highest BCUT2D eigenvalue weighted by Crippen LogP contribution is 2.32. The predicted molar refractivity (Wildman–Crippen MR) is 91.5 cm³/mol. The molecule has 29 heavy (non-hydrogen) atoms. The van der Waals surface area contributed by atoms with E-state index in [9.17, 15) is 22.4 Å². The van der Waals surface area contributed by atoms with Crippen LogP contribution >= 0.6 is 0 Å². The number of aromatic nitrogens is 4. The molecule has 0 saturated carbocycles. The number of benzene rings is 1. The van der Waals surface area contributed by atoms with Gasteiger partial charge in [0.15, 0.2) is 0 Å². The molecule has 1 fully saturated rings. The van der Waals surface area contributed by atoms with Crippen molar-refractivity contribution in [1.29, 1.82) is 0 Å². The number of ether oxygens (including phenoxy) is 1. The van der Waals surface area contributed by atoms with Crippen molar-refractivity contribution in [2.75, 3.05) is 19.7 Å². The molecule has 1 unspecified atom stereocenters. The smallest absolute Gasteiger partial charge is 0.368 e. The lowest BCUT2D eigenvalue weighted by Crippen LogP contribution is -2.42. The van der Waals surface area contributed by atoms with Gasteiger partial charge in [-0.3, -0.25) is 4.79 Å². The van der Waals surface area contributed by atoms with Crippen LogP contribution in [0.3, 0.4) is 0 Å². The Hall–Kier alpha value is -3.08. The van der Waals surface area contributed by atoms with Crippen molar-refractivity contribution in [2.24, 2.45) is 0 Å². The van der Waals surface area contributed by atoms with E-state index in [0.717, 1.165) is 6.07 Å². The molecule has 7 nitrogen and oxygen atoms in total. The molecule has 11 heteroatoms. The first-order valence-electron chi connectivity index (χ1n) is 8.69. The third-order valence-electron chi connectivity index (χ3n) is 4.61. The second-order valence-electron chi connectivity index (χ2n) is 6.60. The van der Waals surface area contributed by atoms with Crippen LogP contribution in [0.4, 0.5) is 17.6 Å². The number of halogens is 4. The van der Waals surface area contributed by atoms with Gasteiger partial charge >= 0.3 is 6.18 Å². The van der Waals surface area contributed by atoms with Crippen LogP contribution in [0.25, 0.3) is 5.78 Å². The van der Waals surface area contributed by atoms with E-state index < -0.39 is 29.6 Å². The number of hydrogen-bond acceptors (Lipinski definition) is 5. The van der Waals surface area contributed by atoms with E-state index in [2.05, 4.69) is 15.1 Å². The molecule has 152 valence electrons. The van der Waals surface area contributed by atoms with Gasteiger partial charge in [-0.1, -0.05) is 0 Å². The van der Waals surface area contributed by atoms with Gasteiger partial charge in [0.1, 0.15) is 18.2 Å². The van der Waals surface area contributed by atoms with Gasteiger partial charge in [0.25, 0.3) is 11.7 Å². The monoisotopic (exact) mass is 409 g/mol. The third kappa shape index (κ3) is 3.65. The second kappa shape index (κ2) is 7.07. The summed E-state index contributed by atoms with van der Waals surface area (Å²) >= 11 is 0. The van der Waals surface area contributed by atoms with Crippen LogP contribution in [0.5, 0.6) is 0 Å². The van der Waals surface area contributed by atoms with Crippen LogP contribution in [-0.4, -0.2) is 50.1 Å². The molecule has 1 atom stereocenters. The molecule has 0 bridgehead atoms. The molecular weight excluding hydrogens is 394 g/mol. The number of nitrogens with zero attached hydrogens (tertiary/aromatic N) is 5. The molecule has 1 amide bonds. The van der Waals surface area contributed by atoms with Crippen molar-refractivity contribution in [3.05, 3.63) is 58.9 Å². The van der Waals surface area contributed by atoms with E-state index in [1.807, 2.05) is 0 Å². The molecule has 1 saturated heterocycles. The normalized spacial score (nSPS) is 17.7. The Balaban J connectivity index is 1.62. The van der Waals surface area contributed by atoms with Crippen molar-refractivity contribution in [1.82, 2.24) is 24.5 Å². The predicted octanol–water partition coefficient (Wildman–Crippen LogP) is 2.80. The van der Waals surface area contributed by atoms with Crippen molar-refractivity contribution in [3.8, 4) is 0 Å². The number of carbonyl (C=O) groups is 1. The van der Waals surface area contributed by atoms with Crippen LogP contribution < -0.4 is 0 Å². The first kappa shape index (κ1) is 19.2. The van der Waals surface area contributed by atoms with E-state index in [0.29, 0.717) is 29.3 Å². The van der Waals surface area contributed by atoms with Crippen molar-refractivity contribution >= 4 is 11.7 Å². The number of carbonyl (C=O) groups excluding carboxylic acids is 1. The Labute approximate surface area is 161 Å². The Morgan fingerprint density at radius 1 is 1.28 bits per heavy atom. The minimum absolute atomic E-state index is 0.0932. The first-order valence-corrected chi connectivity index (χ1v) is 8.69.